The molecule has 0 saturated carbocycles. The lowest BCUT2D eigenvalue weighted by Gasteiger charge is -2.27. The third-order valence-electron chi connectivity index (χ3n) is 3.96. The van der Waals surface area contributed by atoms with Gasteiger partial charge >= 0.3 is 0 Å². The predicted octanol–water partition coefficient (Wildman–Crippen LogP) is 2.41. The molecule has 1 fully saturated rings. The first kappa shape index (κ1) is 17.2. The van der Waals surface area contributed by atoms with Gasteiger partial charge in [-0.3, -0.25) is 14.4 Å². The lowest BCUT2D eigenvalue weighted by atomic mass is 10.2. The molecule has 1 aliphatic rings. The first-order valence-electron chi connectivity index (χ1n) is 7.78. The highest BCUT2D eigenvalue weighted by Gasteiger charge is 2.31. The number of thioether (sulfide) groups is 1. The molecule has 0 N–H and O–H groups in total. The van der Waals surface area contributed by atoms with Crippen molar-refractivity contribution in [3.05, 3.63) is 62.5 Å². The summed E-state index contributed by atoms with van der Waals surface area (Å²) in [5, 5.41) is 1.31. The summed E-state index contributed by atoms with van der Waals surface area (Å²) in [4.78, 5) is 42.7. The van der Waals surface area contributed by atoms with Gasteiger partial charge in [-0.15, -0.1) is 11.8 Å². The van der Waals surface area contributed by atoms with Gasteiger partial charge in [0.1, 0.15) is 0 Å². The molecule has 1 saturated heterocycles. The molecule has 4 rings (SSSR count). The fourth-order valence-corrected chi connectivity index (χ4v) is 4.01. The van der Waals surface area contributed by atoms with Gasteiger partial charge in [-0.1, -0.05) is 30.3 Å². The van der Waals surface area contributed by atoms with Crippen LogP contribution >= 0.6 is 34.4 Å². The molecule has 0 aliphatic carbocycles. The van der Waals surface area contributed by atoms with Crippen molar-refractivity contribution in [1.82, 2.24) is 9.66 Å². The van der Waals surface area contributed by atoms with Crippen LogP contribution in [0.25, 0.3) is 22.3 Å². The van der Waals surface area contributed by atoms with Crippen LogP contribution in [0.15, 0.2) is 53.3 Å². The maximum absolute atomic E-state index is 13.2. The molecular weight excluding hydrogens is 465 g/mol. The number of amides is 2. The van der Waals surface area contributed by atoms with E-state index >= 15 is 0 Å². The largest absolute Gasteiger partial charge is 0.281 e. The minimum absolute atomic E-state index is 0.150. The summed E-state index contributed by atoms with van der Waals surface area (Å²) in [5.74, 6) is -0.263. The van der Waals surface area contributed by atoms with E-state index in [-0.39, 0.29) is 17.3 Å². The van der Waals surface area contributed by atoms with E-state index in [1.807, 2.05) is 24.3 Å². The Hall–Kier alpha value is -2.20. The number of fused-ring (bicyclic) bond motifs is 1. The average molecular weight is 477 g/mol. The van der Waals surface area contributed by atoms with Crippen molar-refractivity contribution in [2.24, 2.45) is 0 Å². The summed E-state index contributed by atoms with van der Waals surface area (Å²) < 4.78 is 2.00. The first-order chi connectivity index (χ1) is 12.6. The van der Waals surface area contributed by atoms with E-state index in [0.29, 0.717) is 16.5 Å². The zero-order chi connectivity index (χ0) is 18.3. The minimum Gasteiger partial charge on any atom is -0.272 e. The van der Waals surface area contributed by atoms with Gasteiger partial charge in [-0.25, -0.2) is 4.98 Å². The van der Waals surface area contributed by atoms with Crippen LogP contribution in [0, 0.1) is 3.57 Å². The molecule has 3 aromatic rings. The van der Waals surface area contributed by atoms with E-state index in [2.05, 4.69) is 27.6 Å². The Kier molecular flexibility index (Phi) is 4.53. The summed E-state index contributed by atoms with van der Waals surface area (Å²) >= 11 is 3.36. The molecule has 2 amide bonds. The lowest BCUT2D eigenvalue weighted by molar-refractivity contribution is -0.126. The number of nitrogens with zero attached hydrogens (tertiary/aromatic N) is 3. The second-order valence-electron chi connectivity index (χ2n) is 5.67. The number of carbonyl (C=O) groups is 2. The molecule has 0 radical (unpaired) electrons. The van der Waals surface area contributed by atoms with Gasteiger partial charge in [0.2, 0.25) is 0 Å². The van der Waals surface area contributed by atoms with Gasteiger partial charge < -0.3 is 0 Å². The van der Waals surface area contributed by atoms with Crippen LogP contribution in [-0.4, -0.2) is 33.0 Å². The van der Waals surface area contributed by atoms with Crippen molar-refractivity contribution < 1.29 is 9.59 Å². The number of benzene rings is 2. The van der Waals surface area contributed by atoms with Gasteiger partial charge in [0.05, 0.1) is 22.4 Å². The molecule has 1 aliphatic heterocycles. The predicted molar refractivity (Wildman–Crippen MR) is 110 cm³/mol. The Labute approximate surface area is 166 Å². The number of carbonyl (C=O) groups excluding carboxylic acids is 2. The molecule has 0 unspecified atom stereocenters. The van der Waals surface area contributed by atoms with E-state index in [1.165, 1.54) is 11.8 Å². The first-order valence-corrected chi connectivity index (χ1v) is 10.0. The summed E-state index contributed by atoms with van der Waals surface area (Å²) in [7, 11) is 0. The molecule has 2 aromatic carbocycles. The second kappa shape index (κ2) is 6.84. The van der Waals surface area contributed by atoms with Crippen LogP contribution in [0.3, 0.4) is 0 Å². The van der Waals surface area contributed by atoms with Gasteiger partial charge in [0.25, 0.3) is 17.4 Å². The summed E-state index contributed by atoms with van der Waals surface area (Å²) in [5.41, 5.74) is 0.752. The normalized spacial score (nSPS) is 14.9. The Morgan fingerprint density at radius 1 is 0.962 bits per heavy atom. The fraction of sp³-hybridized carbons (Fsp3) is 0.111. The zero-order valence-electron chi connectivity index (χ0n) is 13.4. The van der Waals surface area contributed by atoms with Crippen LogP contribution in [-0.2, 0) is 9.59 Å². The quantitative estimate of drug-likeness (QED) is 0.419. The van der Waals surface area contributed by atoms with Crippen molar-refractivity contribution in [2.75, 3.05) is 16.5 Å². The summed E-state index contributed by atoms with van der Waals surface area (Å²) in [6.45, 7) is 0. The Balaban J connectivity index is 2.08. The Bertz CT molecular complexity index is 1080. The SMILES string of the molecule is O=C1CSCC(=O)N1n1c(-c2ccccc2)nc2ccc(I)cc2c1=O. The molecule has 26 heavy (non-hydrogen) atoms. The van der Waals surface area contributed by atoms with E-state index in [9.17, 15) is 14.4 Å². The van der Waals surface area contributed by atoms with Crippen LogP contribution in [0.2, 0.25) is 0 Å². The standard InChI is InChI=1S/C18H12IN3O3S/c19-12-6-7-14-13(8-12)18(25)22(21-15(23)9-26-10-16(21)24)17(20-14)11-4-2-1-3-5-11/h1-8H,9-10H2. The van der Waals surface area contributed by atoms with Crippen LogP contribution in [0.4, 0.5) is 0 Å². The van der Waals surface area contributed by atoms with Crippen LogP contribution in [0.5, 0.6) is 0 Å². The van der Waals surface area contributed by atoms with Crippen molar-refractivity contribution in [1.29, 1.82) is 0 Å². The number of hydrogen-bond donors (Lipinski definition) is 0. The molecule has 0 bridgehead atoms. The van der Waals surface area contributed by atoms with Gasteiger partial charge in [0, 0.05) is 9.13 Å². The maximum atomic E-state index is 13.2. The minimum atomic E-state index is -0.430. The fourth-order valence-electron chi connectivity index (χ4n) is 2.82. The molecule has 1 aromatic heterocycles. The molecular formula is C18H12IN3O3S. The number of aromatic nitrogens is 2. The van der Waals surface area contributed by atoms with Crippen molar-refractivity contribution in [3.63, 3.8) is 0 Å². The zero-order valence-corrected chi connectivity index (χ0v) is 16.4. The Morgan fingerprint density at radius 3 is 2.35 bits per heavy atom. The number of rotatable bonds is 2. The lowest BCUT2D eigenvalue weighted by Crippen LogP contribution is -2.55. The number of halogens is 1. The highest BCUT2D eigenvalue weighted by Crippen LogP contribution is 2.22. The highest BCUT2D eigenvalue weighted by molar-refractivity contribution is 14.1. The third kappa shape index (κ3) is 2.92. The van der Waals surface area contributed by atoms with E-state index in [0.717, 1.165) is 13.3 Å². The van der Waals surface area contributed by atoms with Crippen LogP contribution in [0.1, 0.15) is 0 Å². The van der Waals surface area contributed by atoms with Gasteiger partial charge in [-0.2, -0.15) is 9.69 Å². The topological polar surface area (TPSA) is 72.3 Å². The maximum Gasteiger partial charge on any atom is 0.281 e. The monoisotopic (exact) mass is 477 g/mol. The van der Waals surface area contributed by atoms with Crippen molar-refractivity contribution in [3.8, 4) is 11.4 Å². The Morgan fingerprint density at radius 2 is 1.65 bits per heavy atom. The van der Waals surface area contributed by atoms with Gasteiger partial charge in [0.15, 0.2) is 5.82 Å². The van der Waals surface area contributed by atoms with E-state index in [4.69, 9.17) is 0 Å². The van der Waals surface area contributed by atoms with Crippen LogP contribution < -0.4 is 10.6 Å². The molecule has 130 valence electrons. The molecule has 0 spiro atoms. The van der Waals surface area contributed by atoms with E-state index in [1.54, 1.807) is 24.3 Å². The van der Waals surface area contributed by atoms with E-state index < -0.39 is 17.4 Å². The summed E-state index contributed by atoms with van der Waals surface area (Å²) in [6.07, 6.45) is 0. The molecule has 8 heteroatoms. The molecule has 2 heterocycles. The van der Waals surface area contributed by atoms with Crippen molar-refractivity contribution >= 4 is 57.1 Å². The highest BCUT2D eigenvalue weighted by atomic mass is 127. The number of imide groups is 1. The summed E-state index contributed by atoms with van der Waals surface area (Å²) in [6, 6.07) is 14.4. The average Bonchev–Trinajstić information content (AvgIpc) is 2.64. The van der Waals surface area contributed by atoms with Crippen molar-refractivity contribution in [2.45, 2.75) is 0 Å². The van der Waals surface area contributed by atoms with Gasteiger partial charge in [-0.05, 0) is 40.8 Å². The smallest absolute Gasteiger partial charge is 0.272 e. The number of hydrogen-bond acceptors (Lipinski definition) is 5. The molecule has 0 atom stereocenters. The molecule has 6 nitrogen and oxygen atoms in total. The second-order valence-corrected chi connectivity index (χ2v) is 7.90. The third-order valence-corrected chi connectivity index (χ3v) is 5.54.